The molecule has 0 atom stereocenters. The number of methoxy groups -OCH3 is 3. The lowest BCUT2D eigenvalue weighted by molar-refractivity contribution is 0.0585. The average Bonchev–Trinajstić information content (AvgIpc) is 3.03. The highest BCUT2D eigenvalue weighted by Crippen LogP contribution is 2.38. The monoisotopic (exact) mass is 570 g/mol. The molecule has 6 rings (SSSR count). The third-order valence-corrected chi connectivity index (χ3v) is 8.50. The lowest BCUT2D eigenvalue weighted by Crippen LogP contribution is -2.37. The zero-order chi connectivity index (χ0) is 29.2. The molecule has 0 radical (unpaired) electrons. The van der Waals surface area contributed by atoms with Gasteiger partial charge in [-0.25, -0.2) is 4.98 Å². The van der Waals surface area contributed by atoms with Crippen LogP contribution >= 0.6 is 0 Å². The largest absolute Gasteiger partial charge is 0.497 e. The maximum Gasteiger partial charge on any atom is 0.276 e. The number of ether oxygens (including phenoxy) is 3. The summed E-state index contributed by atoms with van der Waals surface area (Å²) in [6, 6.07) is 13.9. The number of nitrogens with zero attached hydrogens (tertiary/aromatic N) is 4. The molecule has 1 aliphatic carbocycles. The van der Waals surface area contributed by atoms with Gasteiger partial charge in [0.15, 0.2) is 0 Å². The topological polar surface area (TPSA) is 103 Å². The van der Waals surface area contributed by atoms with E-state index in [9.17, 15) is 4.79 Å². The van der Waals surface area contributed by atoms with Gasteiger partial charge in [0.2, 0.25) is 5.95 Å². The van der Waals surface area contributed by atoms with Crippen molar-refractivity contribution in [2.75, 3.05) is 50.0 Å². The van der Waals surface area contributed by atoms with Crippen LogP contribution in [0.5, 0.6) is 11.5 Å². The molecule has 3 heterocycles. The molecule has 2 aromatic carbocycles. The second-order valence-corrected chi connectivity index (χ2v) is 10.9. The molecular formula is C32H38N6O4. The maximum absolute atomic E-state index is 14.4. The Hall–Kier alpha value is -4.31. The molecule has 10 nitrogen and oxygen atoms in total. The van der Waals surface area contributed by atoms with Crippen LogP contribution in [0, 0.1) is 6.92 Å². The quantitative estimate of drug-likeness (QED) is 0.287. The molecule has 1 aliphatic heterocycles. The Morgan fingerprint density at radius 2 is 1.86 bits per heavy atom. The second-order valence-electron chi connectivity index (χ2n) is 10.9. The molecule has 2 N–H and O–H groups in total. The van der Waals surface area contributed by atoms with Crippen LogP contribution in [0.15, 0.2) is 53.5 Å². The summed E-state index contributed by atoms with van der Waals surface area (Å²) in [7, 11) is 5.03. The Kier molecular flexibility index (Phi) is 7.88. The molecule has 1 fully saturated rings. The SMILES string of the molecule is COc1ccc(CNc2ncc3cc(N4CCNc5c(C)cccc54)c(=O)n(C4CCC(OC)CC4)c3n2)c(OC)c1. The summed E-state index contributed by atoms with van der Waals surface area (Å²) < 4.78 is 18.4. The van der Waals surface area contributed by atoms with Gasteiger partial charge in [-0.05, 0) is 62.4 Å². The number of pyridine rings is 1. The highest BCUT2D eigenvalue weighted by Gasteiger charge is 2.28. The summed E-state index contributed by atoms with van der Waals surface area (Å²) in [6.07, 6.45) is 5.55. The van der Waals surface area contributed by atoms with Crippen LogP contribution < -0.4 is 30.6 Å². The van der Waals surface area contributed by atoms with E-state index in [1.165, 1.54) is 0 Å². The number of aryl methyl sites for hydroxylation is 1. The Balaban J connectivity index is 1.41. The van der Waals surface area contributed by atoms with Crippen molar-refractivity contribution in [3.8, 4) is 11.5 Å². The average molecular weight is 571 g/mol. The first-order valence-corrected chi connectivity index (χ1v) is 14.5. The van der Waals surface area contributed by atoms with Crippen LogP contribution in [-0.4, -0.2) is 55.1 Å². The number of anilines is 4. The van der Waals surface area contributed by atoms with E-state index in [0.717, 1.165) is 65.9 Å². The van der Waals surface area contributed by atoms with Gasteiger partial charge in [0.05, 0.1) is 31.7 Å². The molecular weight excluding hydrogens is 532 g/mol. The van der Waals surface area contributed by atoms with Crippen molar-refractivity contribution in [2.45, 2.75) is 51.3 Å². The predicted octanol–water partition coefficient (Wildman–Crippen LogP) is 5.42. The molecule has 10 heteroatoms. The van der Waals surface area contributed by atoms with E-state index in [1.54, 1.807) is 21.3 Å². The molecule has 0 unspecified atom stereocenters. The van der Waals surface area contributed by atoms with Crippen molar-refractivity contribution in [3.63, 3.8) is 0 Å². The maximum atomic E-state index is 14.4. The van der Waals surface area contributed by atoms with Gasteiger partial charge >= 0.3 is 0 Å². The zero-order valence-corrected chi connectivity index (χ0v) is 24.6. The van der Waals surface area contributed by atoms with Crippen LogP contribution in [0.3, 0.4) is 0 Å². The number of fused-ring (bicyclic) bond motifs is 2. The third kappa shape index (κ3) is 5.22. The lowest BCUT2D eigenvalue weighted by atomic mass is 9.92. The first-order valence-electron chi connectivity index (χ1n) is 14.5. The highest BCUT2D eigenvalue weighted by atomic mass is 16.5. The number of hydrogen-bond acceptors (Lipinski definition) is 9. The van der Waals surface area contributed by atoms with Gasteiger partial charge in [-0.15, -0.1) is 0 Å². The number of hydrogen-bond donors (Lipinski definition) is 2. The number of aromatic nitrogens is 3. The molecule has 0 saturated heterocycles. The Morgan fingerprint density at radius 3 is 2.62 bits per heavy atom. The van der Waals surface area contributed by atoms with Gasteiger partial charge < -0.3 is 29.7 Å². The van der Waals surface area contributed by atoms with E-state index < -0.39 is 0 Å². The van der Waals surface area contributed by atoms with E-state index >= 15 is 0 Å². The van der Waals surface area contributed by atoms with Gasteiger partial charge in [0.25, 0.3) is 5.56 Å². The van der Waals surface area contributed by atoms with Crippen molar-refractivity contribution in [2.24, 2.45) is 0 Å². The minimum absolute atomic E-state index is 0.0238. The van der Waals surface area contributed by atoms with Crippen LogP contribution in [0.2, 0.25) is 0 Å². The van der Waals surface area contributed by atoms with E-state index in [-0.39, 0.29) is 17.7 Å². The van der Waals surface area contributed by atoms with Gasteiger partial charge in [-0.2, -0.15) is 4.98 Å². The Morgan fingerprint density at radius 1 is 1.02 bits per heavy atom. The molecule has 0 bridgehead atoms. The molecule has 42 heavy (non-hydrogen) atoms. The summed E-state index contributed by atoms with van der Waals surface area (Å²) >= 11 is 0. The normalized spacial score (nSPS) is 18.3. The smallest absolute Gasteiger partial charge is 0.276 e. The van der Waals surface area contributed by atoms with Gasteiger partial charge in [0, 0.05) is 56.0 Å². The fourth-order valence-corrected chi connectivity index (χ4v) is 6.20. The van der Waals surface area contributed by atoms with Crippen molar-refractivity contribution in [1.29, 1.82) is 0 Å². The first-order chi connectivity index (χ1) is 20.5. The zero-order valence-electron chi connectivity index (χ0n) is 24.6. The standard InChI is InChI=1S/C32H38N6O4/c1-20-6-5-7-26-29(20)33-14-15-37(26)27-16-22-19-35-32(34-18-21-8-11-25(41-3)17-28(21)42-4)36-30(22)38(31(27)39)23-9-12-24(40-2)13-10-23/h5-8,11,16-17,19,23-24,33H,9-10,12-15,18H2,1-4H3,(H,34,35,36). The summed E-state index contributed by atoms with van der Waals surface area (Å²) in [5.74, 6) is 1.89. The number of nitrogens with one attached hydrogen (secondary N) is 2. The molecule has 4 aromatic rings. The fraction of sp³-hybridized carbons (Fsp3) is 0.406. The molecule has 0 spiro atoms. The van der Waals surface area contributed by atoms with Gasteiger partial charge in [-0.3, -0.25) is 9.36 Å². The fourth-order valence-electron chi connectivity index (χ4n) is 6.20. The third-order valence-electron chi connectivity index (χ3n) is 8.50. The van der Waals surface area contributed by atoms with E-state index in [4.69, 9.17) is 19.2 Å². The van der Waals surface area contributed by atoms with Crippen molar-refractivity contribution < 1.29 is 14.2 Å². The van der Waals surface area contributed by atoms with Crippen LogP contribution in [0.4, 0.5) is 23.0 Å². The molecule has 0 amide bonds. The number of benzene rings is 2. The van der Waals surface area contributed by atoms with E-state index in [0.29, 0.717) is 36.1 Å². The minimum Gasteiger partial charge on any atom is -0.497 e. The molecule has 2 aliphatic rings. The number of para-hydroxylation sites is 1. The Labute approximate surface area is 245 Å². The lowest BCUT2D eigenvalue weighted by Gasteiger charge is -2.34. The second kappa shape index (κ2) is 11.9. The summed E-state index contributed by atoms with van der Waals surface area (Å²) in [5, 5.41) is 7.68. The molecule has 2 aromatic heterocycles. The van der Waals surface area contributed by atoms with Crippen LogP contribution in [0.25, 0.3) is 11.0 Å². The van der Waals surface area contributed by atoms with Gasteiger partial charge in [0.1, 0.15) is 22.8 Å². The van der Waals surface area contributed by atoms with Gasteiger partial charge in [-0.1, -0.05) is 12.1 Å². The van der Waals surface area contributed by atoms with Crippen LogP contribution in [0.1, 0.15) is 42.9 Å². The predicted molar refractivity (Wildman–Crippen MR) is 166 cm³/mol. The van der Waals surface area contributed by atoms with Crippen LogP contribution in [-0.2, 0) is 11.3 Å². The number of rotatable bonds is 8. The summed E-state index contributed by atoms with van der Waals surface area (Å²) in [4.78, 5) is 26.1. The van der Waals surface area contributed by atoms with Crippen molar-refractivity contribution in [3.05, 3.63) is 70.1 Å². The molecule has 1 saturated carbocycles. The highest BCUT2D eigenvalue weighted by molar-refractivity contribution is 5.85. The molecule has 220 valence electrons. The first kappa shape index (κ1) is 27.8. The van der Waals surface area contributed by atoms with Crippen molar-refractivity contribution in [1.82, 2.24) is 14.5 Å². The summed E-state index contributed by atoms with van der Waals surface area (Å²) in [5.41, 5.74) is 5.45. The van der Waals surface area contributed by atoms with E-state index in [1.807, 2.05) is 41.1 Å². The van der Waals surface area contributed by atoms with Crippen molar-refractivity contribution >= 4 is 34.0 Å². The minimum atomic E-state index is -0.0285. The van der Waals surface area contributed by atoms with E-state index in [2.05, 4.69) is 39.6 Å². The summed E-state index contributed by atoms with van der Waals surface area (Å²) in [6.45, 7) is 3.99. The Bertz CT molecular complexity index is 1650.